The molecule has 20 heavy (non-hydrogen) atoms. The number of anilines is 2. The van der Waals surface area contributed by atoms with Crippen molar-refractivity contribution in [2.45, 2.75) is 58.7 Å². The third-order valence-corrected chi connectivity index (χ3v) is 3.45. The Balaban J connectivity index is 2.38. The summed E-state index contributed by atoms with van der Waals surface area (Å²) in [5.41, 5.74) is 6.69. The minimum absolute atomic E-state index is 0.203. The van der Waals surface area contributed by atoms with Crippen molar-refractivity contribution in [1.82, 2.24) is 9.97 Å². The first kappa shape index (κ1) is 15.0. The second kappa shape index (κ2) is 5.20. The van der Waals surface area contributed by atoms with Gasteiger partial charge in [0.1, 0.15) is 18.0 Å². The van der Waals surface area contributed by atoms with Crippen LogP contribution < -0.4 is 10.6 Å². The Labute approximate surface area is 121 Å². The molecule has 2 heterocycles. The van der Waals surface area contributed by atoms with Crippen LogP contribution in [0.4, 0.5) is 11.6 Å². The van der Waals surface area contributed by atoms with E-state index >= 15 is 0 Å². The van der Waals surface area contributed by atoms with Gasteiger partial charge in [0.05, 0.1) is 11.2 Å². The number of morpholine rings is 1. The second-order valence-corrected chi connectivity index (χ2v) is 6.79. The quantitative estimate of drug-likeness (QED) is 0.919. The SMILES string of the molecule is CCCc1c(N)ncnc1N1CC(C)(C)OC(C)(C)C1. The van der Waals surface area contributed by atoms with Crippen LogP contribution in [0.25, 0.3) is 0 Å². The summed E-state index contributed by atoms with van der Waals surface area (Å²) in [6.07, 6.45) is 3.49. The molecule has 5 nitrogen and oxygen atoms in total. The Hall–Kier alpha value is -1.36. The molecular weight excluding hydrogens is 252 g/mol. The lowest BCUT2D eigenvalue weighted by Crippen LogP contribution is -2.57. The van der Waals surface area contributed by atoms with Gasteiger partial charge in [0, 0.05) is 18.7 Å². The number of nitrogens with zero attached hydrogens (tertiary/aromatic N) is 3. The van der Waals surface area contributed by atoms with Gasteiger partial charge in [0.25, 0.3) is 0 Å². The molecule has 2 rings (SSSR count). The molecule has 2 N–H and O–H groups in total. The maximum atomic E-state index is 6.13. The number of nitrogens with two attached hydrogens (primary N) is 1. The van der Waals surface area contributed by atoms with Gasteiger partial charge in [-0.25, -0.2) is 9.97 Å². The van der Waals surface area contributed by atoms with E-state index in [1.807, 2.05) is 0 Å². The Kier molecular flexibility index (Phi) is 3.91. The van der Waals surface area contributed by atoms with Crippen molar-refractivity contribution >= 4 is 11.6 Å². The molecule has 112 valence electrons. The third-order valence-electron chi connectivity index (χ3n) is 3.45. The number of ether oxygens (including phenoxy) is 1. The van der Waals surface area contributed by atoms with E-state index < -0.39 is 0 Å². The van der Waals surface area contributed by atoms with Gasteiger partial charge >= 0.3 is 0 Å². The van der Waals surface area contributed by atoms with Crippen LogP contribution in [0.3, 0.4) is 0 Å². The van der Waals surface area contributed by atoms with E-state index in [1.165, 1.54) is 0 Å². The Bertz CT molecular complexity index is 469. The van der Waals surface area contributed by atoms with Gasteiger partial charge in [-0.2, -0.15) is 0 Å². The van der Waals surface area contributed by atoms with E-state index in [0.717, 1.165) is 37.3 Å². The monoisotopic (exact) mass is 278 g/mol. The van der Waals surface area contributed by atoms with Gasteiger partial charge in [-0.1, -0.05) is 13.3 Å². The Morgan fingerprint density at radius 2 is 1.80 bits per heavy atom. The molecule has 1 saturated heterocycles. The molecule has 0 aromatic carbocycles. The largest absolute Gasteiger partial charge is 0.383 e. The summed E-state index contributed by atoms with van der Waals surface area (Å²) >= 11 is 0. The van der Waals surface area contributed by atoms with E-state index in [-0.39, 0.29) is 11.2 Å². The summed E-state index contributed by atoms with van der Waals surface area (Å²) in [7, 11) is 0. The molecule has 1 aromatic heterocycles. The highest BCUT2D eigenvalue weighted by atomic mass is 16.5. The topological polar surface area (TPSA) is 64.3 Å². The third kappa shape index (κ3) is 3.20. The van der Waals surface area contributed by atoms with Gasteiger partial charge in [-0.15, -0.1) is 0 Å². The second-order valence-electron chi connectivity index (χ2n) is 6.79. The highest BCUT2D eigenvalue weighted by Gasteiger charge is 2.39. The molecule has 0 spiro atoms. The number of rotatable bonds is 3. The summed E-state index contributed by atoms with van der Waals surface area (Å²) < 4.78 is 6.13. The summed E-state index contributed by atoms with van der Waals surface area (Å²) in [6, 6.07) is 0. The van der Waals surface area contributed by atoms with E-state index in [4.69, 9.17) is 10.5 Å². The fourth-order valence-corrected chi connectivity index (χ4v) is 3.12. The summed E-state index contributed by atoms with van der Waals surface area (Å²) in [6.45, 7) is 12.2. The molecule has 0 amide bonds. The van der Waals surface area contributed by atoms with Gasteiger partial charge in [0.2, 0.25) is 0 Å². The summed E-state index contributed by atoms with van der Waals surface area (Å²) in [5.74, 6) is 1.56. The molecule has 0 aliphatic carbocycles. The van der Waals surface area contributed by atoms with E-state index in [1.54, 1.807) is 6.33 Å². The molecule has 0 saturated carbocycles. The van der Waals surface area contributed by atoms with Crippen molar-refractivity contribution < 1.29 is 4.74 Å². The zero-order chi connectivity index (χ0) is 15.0. The summed E-state index contributed by atoms with van der Waals surface area (Å²) in [5, 5.41) is 0. The van der Waals surface area contributed by atoms with Crippen LogP contribution in [0.2, 0.25) is 0 Å². The average Bonchev–Trinajstić information content (AvgIpc) is 2.28. The minimum atomic E-state index is -0.203. The van der Waals surface area contributed by atoms with Crippen LogP contribution in [-0.2, 0) is 11.2 Å². The van der Waals surface area contributed by atoms with Crippen molar-refractivity contribution in [3.05, 3.63) is 11.9 Å². The predicted molar refractivity (Wildman–Crippen MR) is 81.9 cm³/mol. The molecule has 1 fully saturated rings. The van der Waals surface area contributed by atoms with Crippen molar-refractivity contribution in [3.63, 3.8) is 0 Å². The predicted octanol–water partition coefficient (Wildman–Crippen LogP) is 2.41. The van der Waals surface area contributed by atoms with E-state index in [9.17, 15) is 0 Å². The molecule has 1 aliphatic rings. The first-order chi connectivity index (χ1) is 9.24. The Morgan fingerprint density at radius 3 is 2.35 bits per heavy atom. The molecule has 5 heteroatoms. The molecule has 0 bridgehead atoms. The van der Waals surface area contributed by atoms with Crippen LogP contribution in [0.5, 0.6) is 0 Å². The Morgan fingerprint density at radius 1 is 1.20 bits per heavy atom. The van der Waals surface area contributed by atoms with Gasteiger partial charge in [-0.05, 0) is 34.1 Å². The molecule has 1 aliphatic heterocycles. The van der Waals surface area contributed by atoms with E-state index in [0.29, 0.717) is 5.82 Å². The minimum Gasteiger partial charge on any atom is -0.383 e. The van der Waals surface area contributed by atoms with Crippen LogP contribution in [0.1, 0.15) is 46.6 Å². The first-order valence-corrected chi connectivity index (χ1v) is 7.28. The zero-order valence-electron chi connectivity index (χ0n) is 13.2. The molecule has 1 aromatic rings. The smallest absolute Gasteiger partial charge is 0.137 e. The zero-order valence-corrected chi connectivity index (χ0v) is 13.2. The lowest BCUT2D eigenvalue weighted by atomic mass is 9.98. The van der Waals surface area contributed by atoms with Crippen LogP contribution in [0.15, 0.2) is 6.33 Å². The van der Waals surface area contributed by atoms with Crippen LogP contribution in [-0.4, -0.2) is 34.3 Å². The molecular formula is C15H26N4O. The van der Waals surface area contributed by atoms with Crippen LogP contribution >= 0.6 is 0 Å². The maximum Gasteiger partial charge on any atom is 0.137 e. The fraction of sp³-hybridized carbons (Fsp3) is 0.733. The van der Waals surface area contributed by atoms with Gasteiger partial charge in [-0.3, -0.25) is 0 Å². The number of nitrogen functional groups attached to an aromatic ring is 1. The van der Waals surface area contributed by atoms with Crippen molar-refractivity contribution in [3.8, 4) is 0 Å². The standard InChI is InChI=1S/C15H26N4O/c1-6-7-11-12(16)17-10-18-13(11)19-8-14(2,3)20-15(4,5)9-19/h10H,6-9H2,1-5H3,(H2,16,17,18). The fourth-order valence-electron chi connectivity index (χ4n) is 3.12. The van der Waals surface area contributed by atoms with Crippen LogP contribution in [0, 0.1) is 0 Å². The van der Waals surface area contributed by atoms with Gasteiger partial charge < -0.3 is 15.4 Å². The highest BCUT2D eigenvalue weighted by Crippen LogP contribution is 2.33. The molecule has 0 unspecified atom stereocenters. The number of hydrogen-bond acceptors (Lipinski definition) is 5. The molecule has 0 atom stereocenters. The lowest BCUT2D eigenvalue weighted by Gasteiger charge is -2.48. The number of hydrogen-bond donors (Lipinski definition) is 1. The molecule has 0 radical (unpaired) electrons. The van der Waals surface area contributed by atoms with Crippen molar-refractivity contribution in [1.29, 1.82) is 0 Å². The average molecular weight is 278 g/mol. The summed E-state index contributed by atoms with van der Waals surface area (Å²) in [4.78, 5) is 10.9. The maximum absolute atomic E-state index is 6.13. The normalized spacial score (nSPS) is 20.9. The van der Waals surface area contributed by atoms with Gasteiger partial charge in [0.15, 0.2) is 0 Å². The lowest BCUT2D eigenvalue weighted by molar-refractivity contribution is -0.133. The van der Waals surface area contributed by atoms with E-state index in [2.05, 4.69) is 49.5 Å². The number of aromatic nitrogens is 2. The van der Waals surface area contributed by atoms with Crippen molar-refractivity contribution in [2.75, 3.05) is 23.7 Å². The highest BCUT2D eigenvalue weighted by molar-refractivity contribution is 5.57. The first-order valence-electron chi connectivity index (χ1n) is 7.28. The van der Waals surface area contributed by atoms with Crippen molar-refractivity contribution in [2.24, 2.45) is 0 Å².